The third-order valence-corrected chi connectivity index (χ3v) is 2.45. The number of carbonyl (C=O) groups is 1. The lowest BCUT2D eigenvalue weighted by Gasteiger charge is -2.01. The maximum Gasteiger partial charge on any atom is 0.287 e. The number of hydrogen-bond donors (Lipinski definition) is 2. The molecule has 2 aromatic heterocycles. The molecule has 1 amide bonds. The minimum atomic E-state index is -0.340. The standard InChI is InChI=1S/C7H8N6OS/c1-13-4(2-3-9-13)10-5(14)6-11-12-7(8)15-6/h2-3H,1H3,(H2,8,12)(H,10,14). The van der Waals surface area contributed by atoms with Gasteiger partial charge in [0.25, 0.3) is 5.91 Å². The predicted octanol–water partition coefficient (Wildman–Crippen LogP) is 0.106. The molecule has 7 nitrogen and oxygen atoms in total. The first-order chi connectivity index (χ1) is 7.16. The lowest BCUT2D eigenvalue weighted by molar-refractivity contribution is 0.102. The Labute approximate surface area is 88.9 Å². The summed E-state index contributed by atoms with van der Waals surface area (Å²) in [4.78, 5) is 11.6. The SMILES string of the molecule is Cn1nccc1NC(=O)c1nnc(N)s1. The summed E-state index contributed by atoms with van der Waals surface area (Å²) in [5.74, 6) is 0.251. The van der Waals surface area contributed by atoms with E-state index in [0.29, 0.717) is 5.82 Å². The normalized spacial score (nSPS) is 10.2. The second-order valence-electron chi connectivity index (χ2n) is 2.74. The van der Waals surface area contributed by atoms with E-state index in [1.54, 1.807) is 24.0 Å². The number of carbonyl (C=O) groups excluding carboxylic acids is 1. The molecule has 3 N–H and O–H groups in total. The minimum Gasteiger partial charge on any atom is -0.374 e. The molecule has 0 saturated carbocycles. The van der Waals surface area contributed by atoms with Crippen LogP contribution in [0.3, 0.4) is 0 Å². The Kier molecular flexibility index (Phi) is 2.34. The van der Waals surface area contributed by atoms with Gasteiger partial charge in [-0.3, -0.25) is 9.48 Å². The van der Waals surface area contributed by atoms with E-state index in [9.17, 15) is 4.79 Å². The second kappa shape index (κ2) is 3.65. The topological polar surface area (TPSA) is 98.7 Å². The summed E-state index contributed by atoms with van der Waals surface area (Å²) < 4.78 is 1.54. The van der Waals surface area contributed by atoms with E-state index in [1.807, 2.05) is 0 Å². The number of nitrogens with one attached hydrogen (secondary N) is 1. The highest BCUT2D eigenvalue weighted by Crippen LogP contribution is 2.13. The molecule has 0 fully saturated rings. The monoisotopic (exact) mass is 224 g/mol. The van der Waals surface area contributed by atoms with Crippen LogP contribution >= 0.6 is 11.3 Å². The number of nitrogens with two attached hydrogens (primary N) is 1. The molecule has 0 spiro atoms. The fourth-order valence-corrected chi connectivity index (χ4v) is 1.50. The third-order valence-electron chi connectivity index (χ3n) is 1.70. The number of aromatic nitrogens is 4. The fourth-order valence-electron chi connectivity index (χ4n) is 0.993. The van der Waals surface area contributed by atoms with Crippen LogP contribution < -0.4 is 11.1 Å². The van der Waals surface area contributed by atoms with Crippen LogP contribution in [-0.4, -0.2) is 25.9 Å². The highest BCUT2D eigenvalue weighted by molar-refractivity contribution is 7.16. The van der Waals surface area contributed by atoms with Crippen molar-refractivity contribution in [2.75, 3.05) is 11.1 Å². The Hall–Kier alpha value is -1.96. The van der Waals surface area contributed by atoms with Crippen LogP contribution in [0.1, 0.15) is 9.80 Å². The molecule has 0 saturated heterocycles. The smallest absolute Gasteiger partial charge is 0.287 e. The van der Waals surface area contributed by atoms with Crippen LogP contribution in [0.15, 0.2) is 12.3 Å². The van der Waals surface area contributed by atoms with Gasteiger partial charge in [0.05, 0.1) is 6.20 Å². The van der Waals surface area contributed by atoms with Crippen molar-refractivity contribution in [2.24, 2.45) is 7.05 Å². The van der Waals surface area contributed by atoms with Gasteiger partial charge in [0.2, 0.25) is 10.1 Å². The molecule has 0 aliphatic heterocycles. The molecule has 0 radical (unpaired) electrons. The van der Waals surface area contributed by atoms with Gasteiger partial charge in [-0.15, -0.1) is 10.2 Å². The first-order valence-electron chi connectivity index (χ1n) is 4.05. The number of nitrogens with zero attached hydrogens (tertiary/aromatic N) is 4. The summed E-state index contributed by atoms with van der Waals surface area (Å²) in [5.41, 5.74) is 5.37. The number of aryl methyl sites for hydroxylation is 1. The zero-order chi connectivity index (χ0) is 10.8. The molecule has 0 aliphatic carbocycles. The van der Waals surface area contributed by atoms with Gasteiger partial charge in [-0.05, 0) is 0 Å². The van der Waals surface area contributed by atoms with E-state index in [-0.39, 0.29) is 16.0 Å². The number of nitrogen functional groups attached to an aromatic ring is 1. The van der Waals surface area contributed by atoms with E-state index >= 15 is 0 Å². The van der Waals surface area contributed by atoms with Crippen molar-refractivity contribution in [1.82, 2.24) is 20.0 Å². The van der Waals surface area contributed by atoms with Crippen LogP contribution in [-0.2, 0) is 7.05 Å². The van der Waals surface area contributed by atoms with Crippen molar-refractivity contribution < 1.29 is 4.79 Å². The van der Waals surface area contributed by atoms with Crippen LogP contribution in [0.2, 0.25) is 0 Å². The Morgan fingerprint density at radius 3 is 2.93 bits per heavy atom. The van der Waals surface area contributed by atoms with Crippen LogP contribution in [0.25, 0.3) is 0 Å². The molecule has 2 rings (SSSR count). The number of anilines is 2. The summed E-state index contributed by atoms with van der Waals surface area (Å²) in [5, 5.41) is 14.2. The van der Waals surface area contributed by atoms with E-state index in [4.69, 9.17) is 5.73 Å². The zero-order valence-electron chi connectivity index (χ0n) is 7.84. The molecule has 0 unspecified atom stereocenters. The van der Waals surface area contributed by atoms with Crippen molar-refractivity contribution >= 4 is 28.2 Å². The molecule has 0 aliphatic rings. The Bertz CT molecular complexity index is 489. The molecule has 8 heteroatoms. The molecule has 2 aromatic rings. The van der Waals surface area contributed by atoms with Crippen molar-refractivity contribution in [3.05, 3.63) is 17.3 Å². The minimum absolute atomic E-state index is 0.230. The third kappa shape index (κ3) is 1.94. The van der Waals surface area contributed by atoms with Crippen LogP contribution in [0.5, 0.6) is 0 Å². The molecule has 2 heterocycles. The first-order valence-corrected chi connectivity index (χ1v) is 4.87. The van der Waals surface area contributed by atoms with Crippen molar-refractivity contribution in [3.8, 4) is 0 Å². The molecule has 78 valence electrons. The van der Waals surface area contributed by atoms with Gasteiger partial charge >= 0.3 is 0 Å². The van der Waals surface area contributed by atoms with E-state index in [2.05, 4.69) is 20.6 Å². The van der Waals surface area contributed by atoms with Gasteiger partial charge in [0, 0.05) is 13.1 Å². The summed E-state index contributed by atoms with van der Waals surface area (Å²) in [7, 11) is 1.73. The van der Waals surface area contributed by atoms with Crippen molar-refractivity contribution in [2.45, 2.75) is 0 Å². The summed E-state index contributed by atoms with van der Waals surface area (Å²) >= 11 is 1.04. The van der Waals surface area contributed by atoms with E-state index in [0.717, 1.165) is 11.3 Å². The summed E-state index contributed by atoms with van der Waals surface area (Å²) in [6.45, 7) is 0. The highest BCUT2D eigenvalue weighted by Gasteiger charge is 2.12. The zero-order valence-corrected chi connectivity index (χ0v) is 8.65. The van der Waals surface area contributed by atoms with Gasteiger partial charge in [-0.1, -0.05) is 11.3 Å². The quantitative estimate of drug-likeness (QED) is 0.754. The molecule has 0 bridgehead atoms. The molecule has 0 atom stereocenters. The number of rotatable bonds is 2. The molecular formula is C7H8N6OS. The molecule has 0 aromatic carbocycles. The fraction of sp³-hybridized carbons (Fsp3) is 0.143. The summed E-state index contributed by atoms with van der Waals surface area (Å²) in [6, 6.07) is 1.68. The lowest BCUT2D eigenvalue weighted by atomic mass is 10.5. The molecular weight excluding hydrogens is 216 g/mol. The van der Waals surface area contributed by atoms with Gasteiger partial charge < -0.3 is 11.1 Å². The number of amides is 1. The average molecular weight is 224 g/mol. The maximum absolute atomic E-state index is 11.6. The lowest BCUT2D eigenvalue weighted by Crippen LogP contribution is -2.14. The number of hydrogen-bond acceptors (Lipinski definition) is 6. The van der Waals surface area contributed by atoms with Gasteiger partial charge in [0.15, 0.2) is 0 Å². The van der Waals surface area contributed by atoms with Crippen molar-refractivity contribution in [1.29, 1.82) is 0 Å². The Balaban J connectivity index is 2.14. The summed E-state index contributed by atoms with van der Waals surface area (Å²) in [6.07, 6.45) is 1.59. The van der Waals surface area contributed by atoms with Gasteiger partial charge in [0.1, 0.15) is 5.82 Å². The second-order valence-corrected chi connectivity index (χ2v) is 3.75. The van der Waals surface area contributed by atoms with E-state index < -0.39 is 0 Å². The van der Waals surface area contributed by atoms with Gasteiger partial charge in [-0.2, -0.15) is 5.10 Å². The average Bonchev–Trinajstić information content (AvgIpc) is 2.77. The van der Waals surface area contributed by atoms with E-state index in [1.165, 1.54) is 0 Å². The molecule has 15 heavy (non-hydrogen) atoms. The van der Waals surface area contributed by atoms with Crippen LogP contribution in [0, 0.1) is 0 Å². The Morgan fingerprint density at radius 2 is 2.40 bits per heavy atom. The Morgan fingerprint density at radius 1 is 1.60 bits per heavy atom. The maximum atomic E-state index is 11.6. The van der Waals surface area contributed by atoms with Crippen LogP contribution in [0.4, 0.5) is 10.9 Å². The highest BCUT2D eigenvalue weighted by atomic mass is 32.1. The van der Waals surface area contributed by atoms with Crippen molar-refractivity contribution in [3.63, 3.8) is 0 Å². The van der Waals surface area contributed by atoms with Gasteiger partial charge in [-0.25, -0.2) is 0 Å². The first kappa shape index (κ1) is 9.59. The predicted molar refractivity (Wildman–Crippen MR) is 55.5 cm³/mol. The largest absolute Gasteiger partial charge is 0.374 e.